The summed E-state index contributed by atoms with van der Waals surface area (Å²) in [7, 11) is 1.44. The molecule has 2 amide bonds. The summed E-state index contributed by atoms with van der Waals surface area (Å²) in [6.45, 7) is 0.0862. The van der Waals surface area contributed by atoms with Crippen LogP contribution in [0.15, 0.2) is 60.7 Å². The predicted molar refractivity (Wildman–Crippen MR) is 114 cm³/mol. The van der Waals surface area contributed by atoms with E-state index in [9.17, 15) is 14.7 Å². The van der Waals surface area contributed by atoms with Gasteiger partial charge in [-0.2, -0.15) is 0 Å². The first-order valence-corrected chi connectivity index (χ1v) is 9.82. The smallest absolute Gasteiger partial charge is 0.276 e. The van der Waals surface area contributed by atoms with E-state index >= 15 is 0 Å². The van der Waals surface area contributed by atoms with Crippen molar-refractivity contribution in [1.29, 1.82) is 0 Å². The van der Waals surface area contributed by atoms with E-state index in [1.165, 1.54) is 7.11 Å². The SMILES string of the molecule is COc1cccc([C@H]2Nc3ccccc3C(=O)N2NC(=O)c2ccc3c(c2)OCO3)c1O. The molecule has 0 aliphatic carbocycles. The fraction of sp³-hybridized carbons (Fsp3) is 0.130. The van der Waals surface area contributed by atoms with E-state index in [1.54, 1.807) is 60.7 Å². The van der Waals surface area contributed by atoms with Gasteiger partial charge in [-0.1, -0.05) is 24.3 Å². The number of rotatable bonds is 4. The number of amides is 2. The highest BCUT2D eigenvalue weighted by Crippen LogP contribution is 2.39. The minimum Gasteiger partial charge on any atom is -0.504 e. The van der Waals surface area contributed by atoms with Crippen molar-refractivity contribution >= 4 is 17.5 Å². The molecule has 32 heavy (non-hydrogen) atoms. The quantitative estimate of drug-likeness (QED) is 0.580. The van der Waals surface area contributed by atoms with Gasteiger partial charge in [-0.15, -0.1) is 0 Å². The third-order valence-electron chi connectivity index (χ3n) is 5.33. The molecule has 0 radical (unpaired) electrons. The third-order valence-corrected chi connectivity index (χ3v) is 5.33. The van der Waals surface area contributed by atoms with Crippen molar-refractivity contribution in [2.75, 3.05) is 19.2 Å². The molecule has 3 aromatic rings. The van der Waals surface area contributed by atoms with E-state index in [2.05, 4.69) is 10.7 Å². The number of hydrogen-bond acceptors (Lipinski definition) is 7. The highest BCUT2D eigenvalue weighted by Gasteiger charge is 2.36. The minimum atomic E-state index is -0.884. The topological polar surface area (TPSA) is 109 Å². The van der Waals surface area contributed by atoms with Crippen molar-refractivity contribution in [2.24, 2.45) is 0 Å². The largest absolute Gasteiger partial charge is 0.504 e. The molecule has 0 fully saturated rings. The van der Waals surface area contributed by atoms with E-state index < -0.39 is 18.0 Å². The maximum Gasteiger partial charge on any atom is 0.276 e. The van der Waals surface area contributed by atoms with Crippen LogP contribution in [0, 0.1) is 0 Å². The molecule has 0 aromatic heterocycles. The van der Waals surface area contributed by atoms with E-state index in [-0.39, 0.29) is 23.9 Å². The molecule has 9 nitrogen and oxygen atoms in total. The second kappa shape index (κ2) is 7.69. The number of phenolic OH excluding ortho intramolecular Hbond substituents is 1. The molecule has 2 heterocycles. The van der Waals surface area contributed by atoms with Gasteiger partial charge >= 0.3 is 0 Å². The van der Waals surface area contributed by atoms with Crippen LogP contribution in [-0.4, -0.2) is 35.8 Å². The minimum absolute atomic E-state index is 0.0862. The molecule has 5 rings (SSSR count). The van der Waals surface area contributed by atoms with Crippen LogP contribution >= 0.6 is 0 Å². The highest BCUT2D eigenvalue weighted by molar-refractivity contribution is 6.04. The number of carbonyl (C=O) groups excluding carboxylic acids is 2. The maximum atomic E-state index is 13.3. The van der Waals surface area contributed by atoms with Crippen LogP contribution in [0.3, 0.4) is 0 Å². The van der Waals surface area contributed by atoms with Gasteiger partial charge in [-0.3, -0.25) is 15.0 Å². The molecular weight excluding hydrogens is 414 g/mol. The summed E-state index contributed by atoms with van der Waals surface area (Å²) in [5.74, 6) is 0.156. The molecular formula is C23H19N3O6. The van der Waals surface area contributed by atoms with Crippen LogP contribution in [0.2, 0.25) is 0 Å². The zero-order chi connectivity index (χ0) is 22.2. The molecule has 1 atom stereocenters. The molecule has 3 aromatic carbocycles. The summed E-state index contributed by atoms with van der Waals surface area (Å²) in [6, 6.07) is 16.7. The van der Waals surface area contributed by atoms with Crippen LogP contribution in [0.1, 0.15) is 32.4 Å². The maximum absolute atomic E-state index is 13.3. The van der Waals surface area contributed by atoms with E-state index in [4.69, 9.17) is 14.2 Å². The number of benzene rings is 3. The number of anilines is 1. The van der Waals surface area contributed by atoms with Crippen LogP contribution in [0.5, 0.6) is 23.0 Å². The summed E-state index contributed by atoms with van der Waals surface area (Å²) in [6.07, 6.45) is -0.884. The van der Waals surface area contributed by atoms with Gasteiger partial charge in [-0.05, 0) is 36.4 Å². The Bertz CT molecular complexity index is 1230. The molecule has 0 saturated heterocycles. The molecule has 3 N–H and O–H groups in total. The second-order valence-electron chi connectivity index (χ2n) is 7.17. The molecule has 2 aliphatic heterocycles. The fourth-order valence-corrected chi connectivity index (χ4v) is 3.72. The van der Waals surface area contributed by atoms with Crippen molar-refractivity contribution in [1.82, 2.24) is 10.4 Å². The van der Waals surface area contributed by atoms with Crippen molar-refractivity contribution in [3.8, 4) is 23.0 Å². The fourth-order valence-electron chi connectivity index (χ4n) is 3.72. The lowest BCUT2D eigenvalue weighted by molar-refractivity contribution is 0.0488. The van der Waals surface area contributed by atoms with Crippen molar-refractivity contribution in [3.63, 3.8) is 0 Å². The average molecular weight is 433 g/mol. The Morgan fingerprint density at radius 1 is 1.12 bits per heavy atom. The summed E-state index contributed by atoms with van der Waals surface area (Å²) in [5, 5.41) is 15.1. The number of phenols is 1. The first-order chi connectivity index (χ1) is 15.6. The van der Waals surface area contributed by atoms with Gasteiger partial charge in [0.15, 0.2) is 29.2 Å². The summed E-state index contributed by atoms with van der Waals surface area (Å²) >= 11 is 0. The monoisotopic (exact) mass is 433 g/mol. The van der Waals surface area contributed by atoms with Gasteiger partial charge in [0.1, 0.15) is 0 Å². The first-order valence-electron chi connectivity index (χ1n) is 9.82. The Morgan fingerprint density at radius 3 is 2.78 bits per heavy atom. The normalized spacial score (nSPS) is 16.2. The lowest BCUT2D eigenvalue weighted by atomic mass is 10.0. The predicted octanol–water partition coefficient (Wildman–Crippen LogP) is 3.04. The average Bonchev–Trinajstić information content (AvgIpc) is 3.29. The summed E-state index contributed by atoms with van der Waals surface area (Å²) in [4.78, 5) is 26.4. The van der Waals surface area contributed by atoms with Gasteiger partial charge in [0.25, 0.3) is 11.8 Å². The van der Waals surface area contributed by atoms with E-state index in [0.29, 0.717) is 28.3 Å². The molecule has 162 valence electrons. The first kappa shape index (κ1) is 19.6. The van der Waals surface area contributed by atoms with Crippen LogP contribution in [0.4, 0.5) is 5.69 Å². The number of carbonyl (C=O) groups is 2. The van der Waals surface area contributed by atoms with Crippen molar-refractivity contribution in [2.45, 2.75) is 6.17 Å². The number of methoxy groups -OCH3 is 1. The third kappa shape index (κ3) is 3.20. The molecule has 0 saturated carbocycles. The lowest BCUT2D eigenvalue weighted by Gasteiger charge is -2.38. The molecule has 0 spiro atoms. The Kier molecular flexibility index (Phi) is 4.70. The Labute approximate surface area is 183 Å². The number of nitrogens with one attached hydrogen (secondary N) is 2. The van der Waals surface area contributed by atoms with Crippen LogP contribution < -0.4 is 25.0 Å². The van der Waals surface area contributed by atoms with Crippen molar-refractivity contribution in [3.05, 3.63) is 77.4 Å². The van der Waals surface area contributed by atoms with Crippen LogP contribution in [0.25, 0.3) is 0 Å². The Hall–Kier alpha value is -4.40. The van der Waals surface area contributed by atoms with Gasteiger partial charge in [0.2, 0.25) is 6.79 Å². The number of fused-ring (bicyclic) bond motifs is 2. The Balaban J connectivity index is 1.53. The lowest BCUT2D eigenvalue weighted by Crippen LogP contribution is -2.52. The highest BCUT2D eigenvalue weighted by atomic mass is 16.7. The van der Waals surface area contributed by atoms with Gasteiger partial charge < -0.3 is 24.6 Å². The standard InChI is InChI=1S/C23H19N3O6/c1-30-18-8-4-6-15(20(18)27)21-24-16-7-3-2-5-14(16)23(29)26(21)25-22(28)13-9-10-17-19(11-13)32-12-31-17/h2-11,21,24,27H,12H2,1H3,(H,25,28)/t21-/m0/s1. The van der Waals surface area contributed by atoms with E-state index in [0.717, 1.165) is 5.01 Å². The van der Waals surface area contributed by atoms with Crippen LogP contribution in [-0.2, 0) is 0 Å². The van der Waals surface area contributed by atoms with Gasteiger partial charge in [0.05, 0.1) is 12.7 Å². The summed E-state index contributed by atoms with van der Waals surface area (Å²) in [5.41, 5.74) is 4.28. The number of para-hydroxylation sites is 2. The van der Waals surface area contributed by atoms with Crippen molar-refractivity contribution < 1.29 is 28.9 Å². The zero-order valence-electron chi connectivity index (χ0n) is 17.0. The summed E-state index contributed by atoms with van der Waals surface area (Å²) < 4.78 is 15.8. The molecule has 0 unspecified atom stereocenters. The number of ether oxygens (including phenoxy) is 3. The number of hydrogen-bond donors (Lipinski definition) is 3. The zero-order valence-corrected chi connectivity index (χ0v) is 17.0. The Morgan fingerprint density at radius 2 is 1.94 bits per heavy atom. The molecule has 0 bridgehead atoms. The van der Waals surface area contributed by atoms with E-state index in [1.807, 2.05) is 0 Å². The number of hydrazine groups is 1. The number of aromatic hydroxyl groups is 1. The van der Waals surface area contributed by atoms with Gasteiger partial charge in [-0.25, -0.2) is 5.01 Å². The molecule has 9 heteroatoms. The molecule has 2 aliphatic rings. The second-order valence-corrected chi connectivity index (χ2v) is 7.17. The number of nitrogens with zero attached hydrogens (tertiary/aromatic N) is 1. The van der Waals surface area contributed by atoms with Gasteiger partial charge in [0, 0.05) is 16.8 Å².